The second kappa shape index (κ2) is 9.75. The number of anilines is 2. The number of rotatable bonds is 7. The number of amides is 2. The topological polar surface area (TPSA) is 76.7 Å². The number of hydrogen-bond donors (Lipinski definition) is 2. The Morgan fingerprint density at radius 2 is 1.61 bits per heavy atom. The lowest BCUT2D eigenvalue weighted by molar-refractivity contribution is -0.122. The minimum Gasteiger partial charge on any atom is -0.495 e. The second-order valence-electron chi connectivity index (χ2n) is 6.94. The zero-order valence-electron chi connectivity index (χ0n) is 17.4. The average Bonchev–Trinajstić information content (AvgIpc) is 2.76. The first-order valence-corrected chi connectivity index (χ1v) is 9.65. The Morgan fingerprint density at radius 1 is 0.935 bits per heavy atom. The van der Waals surface area contributed by atoms with Crippen LogP contribution in [-0.2, 0) is 4.79 Å². The van der Waals surface area contributed by atoms with Crippen molar-refractivity contribution >= 4 is 23.2 Å². The van der Waals surface area contributed by atoms with Crippen LogP contribution in [0.25, 0.3) is 0 Å². The third kappa shape index (κ3) is 5.82. The summed E-state index contributed by atoms with van der Waals surface area (Å²) in [5.41, 5.74) is 2.48. The monoisotopic (exact) mass is 422 g/mol. The van der Waals surface area contributed by atoms with Crippen molar-refractivity contribution in [1.82, 2.24) is 0 Å². The van der Waals surface area contributed by atoms with Crippen molar-refractivity contribution in [1.29, 1.82) is 0 Å². The molecule has 0 saturated carbocycles. The van der Waals surface area contributed by atoms with E-state index in [9.17, 15) is 14.0 Å². The van der Waals surface area contributed by atoms with E-state index in [1.165, 1.54) is 24.3 Å². The van der Waals surface area contributed by atoms with Crippen LogP contribution in [0, 0.1) is 12.7 Å². The maximum atomic E-state index is 13.0. The van der Waals surface area contributed by atoms with Crippen LogP contribution in [-0.4, -0.2) is 25.0 Å². The molecule has 0 fully saturated rings. The molecular weight excluding hydrogens is 399 g/mol. The zero-order chi connectivity index (χ0) is 22.4. The van der Waals surface area contributed by atoms with Gasteiger partial charge < -0.3 is 20.1 Å². The molecule has 0 saturated heterocycles. The van der Waals surface area contributed by atoms with Crippen molar-refractivity contribution < 1.29 is 23.5 Å². The Balaban J connectivity index is 1.60. The van der Waals surface area contributed by atoms with Gasteiger partial charge in [0.05, 0.1) is 12.8 Å². The summed E-state index contributed by atoms with van der Waals surface area (Å²) in [4.78, 5) is 24.8. The number of methoxy groups -OCH3 is 1. The highest BCUT2D eigenvalue weighted by Gasteiger charge is 2.16. The van der Waals surface area contributed by atoms with E-state index in [4.69, 9.17) is 9.47 Å². The minimum atomic E-state index is -0.790. The Hall–Kier alpha value is -3.87. The fourth-order valence-electron chi connectivity index (χ4n) is 2.83. The summed E-state index contributed by atoms with van der Waals surface area (Å²) >= 11 is 0. The van der Waals surface area contributed by atoms with Crippen LogP contribution >= 0.6 is 0 Å². The summed E-state index contributed by atoms with van der Waals surface area (Å²) in [6.07, 6.45) is -0.790. The number of carbonyl (C=O) groups excluding carboxylic acids is 2. The van der Waals surface area contributed by atoms with Gasteiger partial charge in [0.25, 0.3) is 11.8 Å². The van der Waals surface area contributed by atoms with E-state index >= 15 is 0 Å². The standard InChI is InChI=1S/C24H23FN2O4/c1-15-4-13-22(30-3)21(14-15)27-24(29)17-5-11-20(12-6-17)31-16(2)23(28)26-19-9-7-18(25)8-10-19/h4-14,16H,1-3H3,(H,26,28)(H,27,29)/t16-/m0/s1. The number of benzene rings is 3. The van der Waals surface area contributed by atoms with Crippen LogP contribution in [0.5, 0.6) is 11.5 Å². The molecule has 31 heavy (non-hydrogen) atoms. The van der Waals surface area contributed by atoms with Gasteiger partial charge in [0, 0.05) is 11.3 Å². The minimum absolute atomic E-state index is 0.294. The van der Waals surface area contributed by atoms with Crippen molar-refractivity contribution in [2.45, 2.75) is 20.0 Å². The van der Waals surface area contributed by atoms with Crippen LogP contribution in [0.4, 0.5) is 15.8 Å². The first-order valence-electron chi connectivity index (χ1n) is 9.65. The average molecular weight is 422 g/mol. The van der Waals surface area contributed by atoms with E-state index in [-0.39, 0.29) is 17.6 Å². The van der Waals surface area contributed by atoms with Crippen molar-refractivity contribution in [2.75, 3.05) is 17.7 Å². The summed E-state index contributed by atoms with van der Waals surface area (Å²) in [5, 5.41) is 5.49. The number of carbonyl (C=O) groups is 2. The third-order valence-electron chi connectivity index (χ3n) is 4.51. The molecule has 2 amide bonds. The van der Waals surface area contributed by atoms with Gasteiger partial charge >= 0.3 is 0 Å². The maximum absolute atomic E-state index is 13.0. The van der Waals surface area contributed by atoms with Crippen LogP contribution in [0.2, 0.25) is 0 Å². The molecule has 3 aromatic rings. The molecule has 2 N–H and O–H groups in total. The fourth-order valence-corrected chi connectivity index (χ4v) is 2.83. The van der Waals surface area contributed by atoms with Crippen molar-refractivity contribution in [3.63, 3.8) is 0 Å². The Bertz CT molecular complexity index is 1070. The molecule has 3 aromatic carbocycles. The van der Waals surface area contributed by atoms with Crippen LogP contribution < -0.4 is 20.1 Å². The van der Waals surface area contributed by atoms with Crippen LogP contribution in [0.3, 0.4) is 0 Å². The highest BCUT2D eigenvalue weighted by molar-refractivity contribution is 6.05. The van der Waals surface area contributed by atoms with Crippen molar-refractivity contribution in [3.8, 4) is 11.5 Å². The molecule has 1 atom stereocenters. The van der Waals surface area contributed by atoms with E-state index in [2.05, 4.69) is 10.6 Å². The second-order valence-corrected chi connectivity index (χ2v) is 6.94. The highest BCUT2D eigenvalue weighted by Crippen LogP contribution is 2.26. The Morgan fingerprint density at radius 3 is 2.26 bits per heavy atom. The third-order valence-corrected chi connectivity index (χ3v) is 4.51. The smallest absolute Gasteiger partial charge is 0.265 e. The van der Waals surface area contributed by atoms with Gasteiger partial charge in [-0.2, -0.15) is 0 Å². The van der Waals surface area contributed by atoms with Crippen LogP contribution in [0.1, 0.15) is 22.8 Å². The van der Waals surface area contributed by atoms with Gasteiger partial charge in [-0.05, 0) is 80.1 Å². The number of halogens is 1. The highest BCUT2D eigenvalue weighted by atomic mass is 19.1. The van der Waals surface area contributed by atoms with Crippen molar-refractivity contribution in [2.24, 2.45) is 0 Å². The molecule has 3 rings (SSSR count). The van der Waals surface area contributed by atoms with Gasteiger partial charge in [0.1, 0.15) is 17.3 Å². The number of aryl methyl sites for hydroxylation is 1. The molecule has 0 aliphatic carbocycles. The van der Waals surface area contributed by atoms with Gasteiger partial charge in [-0.15, -0.1) is 0 Å². The molecule has 0 unspecified atom stereocenters. The van der Waals surface area contributed by atoms with Gasteiger partial charge in [-0.25, -0.2) is 4.39 Å². The molecule has 0 bridgehead atoms. The largest absolute Gasteiger partial charge is 0.495 e. The predicted octanol–water partition coefficient (Wildman–Crippen LogP) is 4.80. The summed E-state index contributed by atoms with van der Waals surface area (Å²) < 4.78 is 23.9. The quantitative estimate of drug-likeness (QED) is 0.573. The molecular formula is C24H23FN2O4. The van der Waals surface area contributed by atoms with Crippen LogP contribution in [0.15, 0.2) is 66.7 Å². The van der Waals surface area contributed by atoms with E-state index in [0.717, 1.165) is 5.56 Å². The zero-order valence-corrected chi connectivity index (χ0v) is 17.4. The van der Waals surface area contributed by atoms with Crippen molar-refractivity contribution in [3.05, 3.63) is 83.7 Å². The predicted molar refractivity (Wildman–Crippen MR) is 117 cm³/mol. The van der Waals surface area contributed by atoms with E-state index in [1.807, 2.05) is 19.1 Å². The van der Waals surface area contributed by atoms with E-state index < -0.39 is 6.10 Å². The van der Waals surface area contributed by atoms with E-state index in [0.29, 0.717) is 28.4 Å². The molecule has 160 valence electrons. The lowest BCUT2D eigenvalue weighted by Crippen LogP contribution is -2.30. The molecule has 6 nitrogen and oxygen atoms in total. The summed E-state index contributed by atoms with van der Waals surface area (Å²) in [5.74, 6) is -0.0453. The molecule has 7 heteroatoms. The first kappa shape index (κ1) is 21.8. The van der Waals surface area contributed by atoms with Gasteiger partial charge in [-0.1, -0.05) is 6.07 Å². The molecule has 0 heterocycles. The molecule has 0 aromatic heterocycles. The Labute approximate surface area is 180 Å². The molecule has 0 aliphatic rings. The maximum Gasteiger partial charge on any atom is 0.265 e. The van der Waals surface area contributed by atoms with Gasteiger partial charge in [-0.3, -0.25) is 9.59 Å². The number of hydrogen-bond acceptors (Lipinski definition) is 4. The lowest BCUT2D eigenvalue weighted by Gasteiger charge is -2.15. The molecule has 0 spiro atoms. The normalized spacial score (nSPS) is 11.4. The van der Waals surface area contributed by atoms with Gasteiger partial charge in [0.15, 0.2) is 6.10 Å². The Kier molecular flexibility index (Phi) is 6.87. The van der Waals surface area contributed by atoms with E-state index in [1.54, 1.807) is 44.4 Å². The van der Waals surface area contributed by atoms with Gasteiger partial charge in [0.2, 0.25) is 0 Å². The molecule has 0 radical (unpaired) electrons. The first-order chi connectivity index (χ1) is 14.9. The fraction of sp³-hybridized carbons (Fsp3) is 0.167. The number of nitrogens with one attached hydrogen (secondary N) is 2. The summed E-state index contributed by atoms with van der Waals surface area (Å²) in [7, 11) is 1.54. The summed E-state index contributed by atoms with van der Waals surface area (Å²) in [6, 6.07) is 17.4. The molecule has 0 aliphatic heterocycles. The number of ether oxygens (including phenoxy) is 2. The lowest BCUT2D eigenvalue weighted by atomic mass is 10.1. The SMILES string of the molecule is COc1ccc(C)cc1NC(=O)c1ccc(O[C@@H](C)C(=O)Nc2ccc(F)cc2)cc1. The summed E-state index contributed by atoms with van der Waals surface area (Å²) in [6.45, 7) is 3.53.